The fraction of sp³-hybridized carbons (Fsp3) is 0.464. The van der Waals surface area contributed by atoms with Gasteiger partial charge in [-0.15, -0.1) is 0 Å². The number of fused-ring (bicyclic) bond motifs is 1. The number of nitriles is 1. The first kappa shape index (κ1) is 29.4. The maximum Gasteiger partial charge on any atom is 0.328 e. The van der Waals surface area contributed by atoms with Crippen LogP contribution in [0.3, 0.4) is 0 Å². The van der Waals surface area contributed by atoms with Gasteiger partial charge in [-0.25, -0.2) is 14.8 Å². The molecule has 1 saturated heterocycles. The number of nitrogens with one attached hydrogen (secondary N) is 2. The van der Waals surface area contributed by atoms with Crippen LogP contribution in [0.4, 0.5) is 22.1 Å². The number of carbonyl (C=O) groups excluding carboxylic acids is 4. The fourth-order valence-electron chi connectivity index (χ4n) is 5.20. The molecule has 4 rings (SSSR count). The number of pyridine rings is 2. The third-order valence-electron chi connectivity index (χ3n) is 7.24. The van der Waals surface area contributed by atoms with Gasteiger partial charge in [-0.1, -0.05) is 0 Å². The van der Waals surface area contributed by atoms with Gasteiger partial charge in [0.2, 0.25) is 11.8 Å². The van der Waals surface area contributed by atoms with E-state index >= 15 is 0 Å². The van der Waals surface area contributed by atoms with Gasteiger partial charge in [0.1, 0.15) is 29.4 Å². The molecule has 2 N–H and O–H groups in total. The number of aldehydes is 1. The van der Waals surface area contributed by atoms with Crippen molar-refractivity contribution in [1.82, 2.24) is 19.8 Å². The molecule has 13 heteroatoms. The Bertz CT molecular complexity index is 1370. The van der Waals surface area contributed by atoms with Crippen molar-refractivity contribution in [2.75, 3.05) is 55.9 Å². The molecule has 0 saturated carbocycles. The molecule has 41 heavy (non-hydrogen) atoms. The van der Waals surface area contributed by atoms with Crippen molar-refractivity contribution in [3.05, 3.63) is 40.7 Å². The topological polar surface area (TPSA) is 161 Å². The van der Waals surface area contributed by atoms with Crippen LogP contribution in [-0.4, -0.2) is 90.3 Å². The SMILES string of the molecule is COCCNc1cc(NC(=O)N2CCCc3cc(CN(C)C(=O)[C@H]4CCCN4C(C)=O)c(C=O)nc32)ncc1C#N. The van der Waals surface area contributed by atoms with E-state index in [0.717, 1.165) is 12.0 Å². The highest BCUT2D eigenvalue weighted by Crippen LogP contribution is 2.29. The van der Waals surface area contributed by atoms with Gasteiger partial charge in [0.05, 0.1) is 17.9 Å². The van der Waals surface area contributed by atoms with Crippen LogP contribution in [-0.2, 0) is 27.3 Å². The number of ether oxygens (including phenoxy) is 1. The average Bonchev–Trinajstić information content (AvgIpc) is 3.47. The van der Waals surface area contributed by atoms with Gasteiger partial charge in [-0.05, 0) is 37.3 Å². The maximum atomic E-state index is 13.3. The molecule has 1 fully saturated rings. The number of nitrogens with zero attached hydrogens (tertiary/aromatic N) is 6. The third kappa shape index (κ3) is 6.60. The Kier molecular flexibility index (Phi) is 9.46. The zero-order valence-electron chi connectivity index (χ0n) is 23.5. The van der Waals surface area contributed by atoms with Crippen LogP contribution in [0.5, 0.6) is 0 Å². The van der Waals surface area contributed by atoms with Gasteiger partial charge in [0.15, 0.2) is 6.29 Å². The summed E-state index contributed by atoms with van der Waals surface area (Å²) in [7, 11) is 3.22. The van der Waals surface area contributed by atoms with E-state index in [1.54, 1.807) is 25.1 Å². The minimum atomic E-state index is -0.506. The number of likely N-dealkylation sites (N-methyl/N-ethyl adjacent to an activating group) is 1. The minimum Gasteiger partial charge on any atom is -0.383 e. The Hall–Kier alpha value is -4.57. The monoisotopic (exact) mass is 562 g/mol. The van der Waals surface area contributed by atoms with Crippen molar-refractivity contribution >= 4 is 41.5 Å². The summed E-state index contributed by atoms with van der Waals surface area (Å²) in [5, 5.41) is 15.2. The van der Waals surface area contributed by atoms with E-state index in [1.807, 2.05) is 6.07 Å². The molecule has 2 aliphatic heterocycles. The Morgan fingerprint density at radius 3 is 2.78 bits per heavy atom. The number of hydrogen-bond donors (Lipinski definition) is 2. The van der Waals surface area contributed by atoms with Crippen molar-refractivity contribution in [3.63, 3.8) is 0 Å². The lowest BCUT2D eigenvalue weighted by molar-refractivity contribution is -0.142. The summed E-state index contributed by atoms with van der Waals surface area (Å²) < 4.78 is 5.04. The summed E-state index contributed by atoms with van der Waals surface area (Å²) >= 11 is 0. The summed E-state index contributed by atoms with van der Waals surface area (Å²) in [5.41, 5.74) is 2.35. The van der Waals surface area contributed by atoms with Crippen LogP contribution in [0.25, 0.3) is 0 Å². The molecule has 0 unspecified atom stereocenters. The van der Waals surface area contributed by atoms with Crippen LogP contribution in [0.1, 0.15) is 53.4 Å². The van der Waals surface area contributed by atoms with Gasteiger partial charge in [0, 0.05) is 65.1 Å². The molecule has 216 valence electrons. The molecule has 13 nitrogen and oxygen atoms in total. The summed E-state index contributed by atoms with van der Waals surface area (Å²) in [4.78, 5) is 63.7. The highest BCUT2D eigenvalue weighted by atomic mass is 16.5. The molecule has 0 spiro atoms. The first-order valence-corrected chi connectivity index (χ1v) is 13.5. The molecule has 4 heterocycles. The highest BCUT2D eigenvalue weighted by Gasteiger charge is 2.34. The van der Waals surface area contributed by atoms with Crippen molar-refractivity contribution < 1.29 is 23.9 Å². The van der Waals surface area contributed by atoms with E-state index in [2.05, 4.69) is 26.7 Å². The Morgan fingerprint density at radius 1 is 1.27 bits per heavy atom. The van der Waals surface area contributed by atoms with Crippen molar-refractivity contribution in [2.24, 2.45) is 0 Å². The third-order valence-corrected chi connectivity index (χ3v) is 7.24. The first-order valence-electron chi connectivity index (χ1n) is 13.5. The van der Waals surface area contributed by atoms with Gasteiger partial charge in [0.25, 0.3) is 0 Å². The number of rotatable bonds is 9. The molecule has 0 aromatic carbocycles. The van der Waals surface area contributed by atoms with Gasteiger partial charge in [-0.2, -0.15) is 5.26 Å². The smallest absolute Gasteiger partial charge is 0.328 e. The minimum absolute atomic E-state index is 0.133. The lowest BCUT2D eigenvalue weighted by Crippen LogP contribution is -2.45. The van der Waals surface area contributed by atoms with E-state index in [0.29, 0.717) is 74.4 Å². The number of aryl methyl sites for hydroxylation is 1. The number of hydrogen-bond acceptors (Lipinski definition) is 9. The van der Waals surface area contributed by atoms with Crippen molar-refractivity contribution in [1.29, 1.82) is 5.26 Å². The lowest BCUT2D eigenvalue weighted by atomic mass is 10.0. The molecular formula is C28H34N8O5. The van der Waals surface area contributed by atoms with E-state index in [9.17, 15) is 24.4 Å². The van der Waals surface area contributed by atoms with E-state index in [1.165, 1.54) is 22.9 Å². The van der Waals surface area contributed by atoms with E-state index in [-0.39, 0.29) is 29.9 Å². The number of anilines is 3. The van der Waals surface area contributed by atoms with Crippen molar-refractivity contribution in [3.8, 4) is 6.07 Å². The van der Waals surface area contributed by atoms with Crippen LogP contribution in [0, 0.1) is 11.3 Å². The molecule has 4 amide bonds. The lowest BCUT2D eigenvalue weighted by Gasteiger charge is -2.30. The van der Waals surface area contributed by atoms with Crippen LogP contribution in [0.2, 0.25) is 0 Å². The predicted molar refractivity (Wildman–Crippen MR) is 151 cm³/mol. The molecule has 2 aromatic rings. The second-order valence-corrected chi connectivity index (χ2v) is 10.0. The highest BCUT2D eigenvalue weighted by molar-refractivity contribution is 6.02. The maximum absolute atomic E-state index is 13.3. The largest absolute Gasteiger partial charge is 0.383 e. The Morgan fingerprint density at radius 2 is 2.07 bits per heavy atom. The summed E-state index contributed by atoms with van der Waals surface area (Å²) in [5.74, 6) is 0.310. The fourth-order valence-corrected chi connectivity index (χ4v) is 5.20. The van der Waals surface area contributed by atoms with Crippen LogP contribution in [0.15, 0.2) is 18.3 Å². The normalized spacial score (nSPS) is 16.0. The van der Waals surface area contributed by atoms with E-state index < -0.39 is 12.1 Å². The van der Waals surface area contributed by atoms with Gasteiger partial charge < -0.3 is 19.9 Å². The molecule has 0 aliphatic carbocycles. The second kappa shape index (κ2) is 13.2. The molecule has 0 bridgehead atoms. The second-order valence-electron chi connectivity index (χ2n) is 10.0. The summed E-state index contributed by atoms with van der Waals surface area (Å²) in [6, 6.07) is 4.49. The van der Waals surface area contributed by atoms with Crippen molar-refractivity contribution in [2.45, 2.75) is 45.2 Å². The molecule has 0 radical (unpaired) electrons. The summed E-state index contributed by atoms with van der Waals surface area (Å²) in [6.45, 7) is 3.46. The standard InChI is InChI=1S/C28H34N8O5/c1-18(38)35-9-5-7-24(35)27(39)34(2)16-20-12-19-6-4-10-36(26(19)32-23(20)17-37)28(40)33-25-13-22(30-8-11-41-3)21(14-29)15-31-25/h12-13,15,17,24H,4-11,16H2,1-3H3,(H2,30,31,33,40)/t24-/m1/s1. The molecule has 2 aromatic heterocycles. The number of methoxy groups -OCH3 is 1. The Labute approximate surface area is 238 Å². The van der Waals surface area contributed by atoms with E-state index in [4.69, 9.17) is 4.74 Å². The quantitative estimate of drug-likeness (QED) is 0.345. The molecule has 2 aliphatic rings. The number of urea groups is 1. The Balaban J connectivity index is 1.51. The van der Waals surface area contributed by atoms with Gasteiger partial charge >= 0.3 is 6.03 Å². The first-order chi connectivity index (χ1) is 19.8. The van der Waals surface area contributed by atoms with Crippen LogP contribution < -0.4 is 15.5 Å². The van der Waals surface area contributed by atoms with Gasteiger partial charge in [-0.3, -0.25) is 24.6 Å². The zero-order chi connectivity index (χ0) is 29.5. The zero-order valence-corrected chi connectivity index (χ0v) is 23.5. The number of amides is 4. The molecule has 1 atom stereocenters. The summed E-state index contributed by atoms with van der Waals surface area (Å²) in [6.07, 6.45) is 4.70. The number of carbonyl (C=O) groups is 4. The predicted octanol–water partition coefficient (Wildman–Crippen LogP) is 2.17. The number of aromatic nitrogens is 2. The average molecular weight is 563 g/mol. The van der Waals surface area contributed by atoms with Crippen LogP contribution >= 0.6 is 0 Å². The molecular weight excluding hydrogens is 528 g/mol. The number of likely N-dealkylation sites (tertiary alicyclic amines) is 1.